The molecule has 1 atom stereocenters. The monoisotopic (exact) mass is 275 g/mol. The molecular formula is C16H21NO3. The Labute approximate surface area is 119 Å². The van der Waals surface area contributed by atoms with E-state index in [1.54, 1.807) is 6.92 Å². The van der Waals surface area contributed by atoms with Crippen LogP contribution < -0.4 is 5.32 Å². The van der Waals surface area contributed by atoms with Crippen molar-refractivity contribution in [3.63, 3.8) is 0 Å². The molecule has 1 aromatic carbocycles. The molecule has 0 radical (unpaired) electrons. The largest absolute Gasteiger partial charge is 0.464 e. The van der Waals surface area contributed by atoms with E-state index in [2.05, 4.69) is 5.32 Å². The number of amides is 1. The molecule has 1 aliphatic heterocycles. The first-order valence-electron chi connectivity index (χ1n) is 7.18. The molecule has 1 fully saturated rings. The van der Waals surface area contributed by atoms with Gasteiger partial charge in [0.15, 0.2) is 0 Å². The fourth-order valence-corrected chi connectivity index (χ4v) is 2.66. The third kappa shape index (κ3) is 3.38. The number of piperidine rings is 1. The molecule has 2 rings (SSSR count). The second-order valence-corrected chi connectivity index (χ2v) is 5.19. The highest BCUT2D eigenvalue weighted by Gasteiger charge is 2.42. The lowest BCUT2D eigenvalue weighted by Crippen LogP contribution is -2.57. The van der Waals surface area contributed by atoms with E-state index in [0.29, 0.717) is 25.9 Å². The maximum Gasteiger partial charge on any atom is 0.331 e. The minimum absolute atomic E-state index is 0.0580. The van der Waals surface area contributed by atoms with Gasteiger partial charge in [0, 0.05) is 6.42 Å². The standard InChI is InChI=1S/C16H21NO3/c1-2-20-15(19)16(11-6-9-14(18)17-16)12-10-13-7-4-3-5-8-13/h3-5,7-8H,2,6,9-12H2,1H3,(H,17,18)/t16-/m1/s1. The zero-order chi connectivity index (χ0) is 14.4. The van der Waals surface area contributed by atoms with E-state index >= 15 is 0 Å². The summed E-state index contributed by atoms with van der Waals surface area (Å²) < 4.78 is 5.17. The van der Waals surface area contributed by atoms with Gasteiger partial charge < -0.3 is 10.1 Å². The van der Waals surface area contributed by atoms with Gasteiger partial charge in [-0.2, -0.15) is 0 Å². The van der Waals surface area contributed by atoms with Gasteiger partial charge >= 0.3 is 5.97 Å². The van der Waals surface area contributed by atoms with E-state index in [4.69, 9.17) is 4.74 Å². The van der Waals surface area contributed by atoms with Crippen LogP contribution in [0.1, 0.15) is 38.2 Å². The fourth-order valence-electron chi connectivity index (χ4n) is 2.66. The maximum atomic E-state index is 12.2. The zero-order valence-electron chi connectivity index (χ0n) is 11.9. The third-order valence-electron chi connectivity index (χ3n) is 3.74. The van der Waals surface area contributed by atoms with Crippen molar-refractivity contribution >= 4 is 11.9 Å². The lowest BCUT2D eigenvalue weighted by molar-refractivity contribution is -0.155. The highest BCUT2D eigenvalue weighted by molar-refractivity contribution is 5.89. The SMILES string of the molecule is CCOC(=O)[C@]1(CCc2ccccc2)CCCC(=O)N1. The first-order valence-corrected chi connectivity index (χ1v) is 7.18. The average molecular weight is 275 g/mol. The van der Waals surface area contributed by atoms with Crippen LogP contribution in [0.3, 0.4) is 0 Å². The van der Waals surface area contributed by atoms with Gasteiger partial charge in [0.1, 0.15) is 5.54 Å². The van der Waals surface area contributed by atoms with Gasteiger partial charge in [0.25, 0.3) is 0 Å². The molecule has 0 spiro atoms. The van der Waals surface area contributed by atoms with Crippen molar-refractivity contribution in [1.82, 2.24) is 5.32 Å². The number of carbonyl (C=O) groups is 2. The minimum atomic E-state index is -0.846. The molecule has 20 heavy (non-hydrogen) atoms. The molecule has 0 aliphatic carbocycles. The number of ether oxygens (including phenoxy) is 1. The summed E-state index contributed by atoms with van der Waals surface area (Å²) >= 11 is 0. The summed E-state index contributed by atoms with van der Waals surface area (Å²) in [5.74, 6) is -0.360. The predicted molar refractivity (Wildman–Crippen MR) is 76.1 cm³/mol. The Kier molecular flexibility index (Phi) is 4.77. The summed E-state index contributed by atoms with van der Waals surface area (Å²) in [6.07, 6.45) is 3.22. The van der Waals surface area contributed by atoms with Crippen molar-refractivity contribution < 1.29 is 14.3 Å². The molecule has 4 nitrogen and oxygen atoms in total. The van der Waals surface area contributed by atoms with Crippen molar-refractivity contribution in [1.29, 1.82) is 0 Å². The highest BCUT2D eigenvalue weighted by atomic mass is 16.5. The number of carbonyl (C=O) groups excluding carboxylic acids is 2. The third-order valence-corrected chi connectivity index (χ3v) is 3.74. The summed E-state index contributed by atoms with van der Waals surface area (Å²) in [6, 6.07) is 9.98. The van der Waals surface area contributed by atoms with Crippen LogP contribution in [0.2, 0.25) is 0 Å². The molecule has 1 aliphatic rings. The van der Waals surface area contributed by atoms with Crippen LogP contribution >= 0.6 is 0 Å². The van der Waals surface area contributed by atoms with E-state index in [1.165, 1.54) is 0 Å². The topological polar surface area (TPSA) is 55.4 Å². The second-order valence-electron chi connectivity index (χ2n) is 5.19. The maximum absolute atomic E-state index is 12.2. The van der Waals surface area contributed by atoms with Crippen LogP contribution in [0.5, 0.6) is 0 Å². The van der Waals surface area contributed by atoms with Crippen LogP contribution in [-0.2, 0) is 20.7 Å². The van der Waals surface area contributed by atoms with Crippen LogP contribution in [0, 0.1) is 0 Å². The Morgan fingerprint density at radius 3 is 2.75 bits per heavy atom. The molecule has 0 saturated carbocycles. The van der Waals surface area contributed by atoms with E-state index < -0.39 is 5.54 Å². The van der Waals surface area contributed by atoms with Crippen LogP contribution in [0.25, 0.3) is 0 Å². The van der Waals surface area contributed by atoms with Gasteiger partial charge in [0.05, 0.1) is 6.61 Å². The van der Waals surface area contributed by atoms with E-state index in [-0.39, 0.29) is 11.9 Å². The molecule has 0 aromatic heterocycles. The Morgan fingerprint density at radius 1 is 1.35 bits per heavy atom. The zero-order valence-corrected chi connectivity index (χ0v) is 11.9. The van der Waals surface area contributed by atoms with Gasteiger partial charge in [0.2, 0.25) is 5.91 Å². The average Bonchev–Trinajstić information content (AvgIpc) is 2.46. The molecular weight excluding hydrogens is 254 g/mol. The lowest BCUT2D eigenvalue weighted by atomic mass is 9.83. The molecule has 0 unspecified atom stereocenters. The summed E-state index contributed by atoms with van der Waals surface area (Å²) in [5.41, 5.74) is 0.317. The predicted octanol–water partition coefficient (Wildman–Crippen LogP) is 2.22. The number of benzene rings is 1. The van der Waals surface area contributed by atoms with Crippen molar-refractivity contribution in [2.45, 2.75) is 44.6 Å². The lowest BCUT2D eigenvalue weighted by Gasteiger charge is -2.35. The summed E-state index contributed by atoms with van der Waals surface area (Å²) in [6.45, 7) is 2.12. The van der Waals surface area contributed by atoms with E-state index in [0.717, 1.165) is 18.4 Å². The van der Waals surface area contributed by atoms with Crippen molar-refractivity contribution in [3.8, 4) is 0 Å². The Hall–Kier alpha value is -1.84. The Bertz CT molecular complexity index is 472. The molecule has 108 valence electrons. The minimum Gasteiger partial charge on any atom is -0.464 e. The first-order chi connectivity index (χ1) is 9.66. The molecule has 0 bridgehead atoms. The quantitative estimate of drug-likeness (QED) is 0.838. The van der Waals surface area contributed by atoms with Crippen molar-refractivity contribution in [3.05, 3.63) is 35.9 Å². The second kappa shape index (κ2) is 6.55. The van der Waals surface area contributed by atoms with Crippen LogP contribution in [0.4, 0.5) is 0 Å². The van der Waals surface area contributed by atoms with Gasteiger partial charge in [-0.25, -0.2) is 4.79 Å². The van der Waals surface area contributed by atoms with Gasteiger partial charge in [-0.1, -0.05) is 30.3 Å². The van der Waals surface area contributed by atoms with Gasteiger partial charge in [-0.15, -0.1) is 0 Å². The number of hydrogen-bond donors (Lipinski definition) is 1. The van der Waals surface area contributed by atoms with Crippen LogP contribution in [-0.4, -0.2) is 24.0 Å². The van der Waals surface area contributed by atoms with E-state index in [1.807, 2.05) is 30.3 Å². The molecule has 1 aromatic rings. The van der Waals surface area contributed by atoms with Crippen molar-refractivity contribution in [2.75, 3.05) is 6.61 Å². The summed E-state index contributed by atoms with van der Waals surface area (Å²) in [4.78, 5) is 23.9. The van der Waals surface area contributed by atoms with Crippen LogP contribution in [0.15, 0.2) is 30.3 Å². The Balaban J connectivity index is 2.10. The smallest absolute Gasteiger partial charge is 0.331 e. The number of aryl methyl sites for hydroxylation is 1. The number of hydrogen-bond acceptors (Lipinski definition) is 3. The molecule has 1 saturated heterocycles. The van der Waals surface area contributed by atoms with Gasteiger partial charge in [-0.05, 0) is 38.2 Å². The number of nitrogens with one attached hydrogen (secondary N) is 1. The molecule has 1 amide bonds. The fraction of sp³-hybridized carbons (Fsp3) is 0.500. The van der Waals surface area contributed by atoms with Gasteiger partial charge in [-0.3, -0.25) is 4.79 Å². The summed E-state index contributed by atoms with van der Waals surface area (Å²) in [7, 11) is 0. The molecule has 1 N–H and O–H groups in total. The summed E-state index contributed by atoms with van der Waals surface area (Å²) in [5, 5.41) is 2.87. The molecule has 1 heterocycles. The highest BCUT2D eigenvalue weighted by Crippen LogP contribution is 2.27. The van der Waals surface area contributed by atoms with Crippen molar-refractivity contribution in [2.24, 2.45) is 0 Å². The normalized spacial score (nSPS) is 22.1. The Morgan fingerprint density at radius 2 is 2.10 bits per heavy atom. The number of esters is 1. The molecule has 4 heteroatoms. The first kappa shape index (κ1) is 14.6. The van der Waals surface area contributed by atoms with E-state index in [9.17, 15) is 9.59 Å². The number of rotatable bonds is 5.